The zero-order chi connectivity index (χ0) is 14.4. The van der Waals surface area contributed by atoms with Crippen LogP contribution in [-0.2, 0) is 0 Å². The van der Waals surface area contributed by atoms with E-state index >= 15 is 0 Å². The van der Waals surface area contributed by atoms with Gasteiger partial charge in [-0.3, -0.25) is 4.90 Å². The van der Waals surface area contributed by atoms with E-state index in [2.05, 4.69) is 79.4 Å². The van der Waals surface area contributed by atoms with Gasteiger partial charge >= 0.3 is 0 Å². The molecule has 0 saturated heterocycles. The molecule has 0 atom stereocenters. The molecule has 2 aromatic rings. The fourth-order valence-electron chi connectivity index (χ4n) is 2.63. The normalized spacial score (nSPS) is 11.0. The monoisotopic (exact) mass is 323 g/mol. The number of halogens is 2. The molecule has 0 amide bonds. The van der Waals surface area contributed by atoms with Crippen LogP contribution in [0.1, 0.15) is 31.0 Å². The molecular formula is C18H23Cl2N. The Morgan fingerprint density at radius 1 is 0.857 bits per heavy atom. The van der Waals surface area contributed by atoms with Crippen LogP contribution in [0.4, 0.5) is 0 Å². The number of hydrogen-bond donors (Lipinski definition) is 0. The van der Waals surface area contributed by atoms with Crippen LogP contribution in [0.5, 0.6) is 0 Å². The zero-order valence-corrected chi connectivity index (χ0v) is 14.1. The van der Waals surface area contributed by atoms with Crippen molar-refractivity contribution in [1.82, 2.24) is 4.90 Å². The molecule has 2 rings (SSSR count). The molecule has 0 aromatic heterocycles. The van der Waals surface area contributed by atoms with Crippen molar-refractivity contribution in [1.29, 1.82) is 0 Å². The second-order valence-electron chi connectivity index (χ2n) is 5.24. The van der Waals surface area contributed by atoms with E-state index in [9.17, 15) is 0 Å². The quantitative estimate of drug-likeness (QED) is 0.665. The van der Waals surface area contributed by atoms with Crippen molar-refractivity contribution < 1.29 is 0 Å². The third-order valence-electron chi connectivity index (χ3n) is 3.57. The van der Waals surface area contributed by atoms with Crippen LogP contribution in [0.2, 0.25) is 0 Å². The van der Waals surface area contributed by atoms with Gasteiger partial charge in [0.05, 0.1) is 6.04 Å². The smallest absolute Gasteiger partial charge is 0.0604 e. The average Bonchev–Trinajstić information content (AvgIpc) is 2.49. The van der Waals surface area contributed by atoms with Crippen molar-refractivity contribution in [2.75, 3.05) is 12.4 Å². The van der Waals surface area contributed by atoms with E-state index in [-0.39, 0.29) is 18.4 Å². The third-order valence-corrected chi connectivity index (χ3v) is 3.74. The summed E-state index contributed by atoms with van der Waals surface area (Å²) in [5, 5.41) is 0. The molecule has 114 valence electrons. The lowest BCUT2D eigenvalue weighted by Crippen LogP contribution is -2.37. The largest absolute Gasteiger partial charge is 0.289 e. The topological polar surface area (TPSA) is 3.24 Å². The molecule has 0 spiro atoms. The van der Waals surface area contributed by atoms with Gasteiger partial charge in [0.2, 0.25) is 0 Å². The fourth-order valence-corrected chi connectivity index (χ4v) is 2.82. The van der Waals surface area contributed by atoms with Crippen molar-refractivity contribution in [2.45, 2.75) is 25.9 Å². The minimum Gasteiger partial charge on any atom is -0.289 e. The van der Waals surface area contributed by atoms with Crippen LogP contribution < -0.4 is 0 Å². The summed E-state index contributed by atoms with van der Waals surface area (Å²) in [5.41, 5.74) is 2.63. The maximum atomic E-state index is 6.02. The molecule has 0 bridgehead atoms. The molecule has 0 aliphatic heterocycles. The molecule has 2 aromatic carbocycles. The highest BCUT2D eigenvalue weighted by atomic mass is 35.5. The number of nitrogens with zero attached hydrogens (tertiary/aromatic N) is 1. The number of alkyl halides is 1. The maximum Gasteiger partial charge on any atom is 0.0604 e. The first-order valence-electron chi connectivity index (χ1n) is 7.15. The van der Waals surface area contributed by atoms with Gasteiger partial charge in [-0.05, 0) is 25.0 Å². The molecule has 0 aliphatic rings. The summed E-state index contributed by atoms with van der Waals surface area (Å²) in [5.74, 6) is 0.647. The van der Waals surface area contributed by atoms with Crippen LogP contribution in [0.15, 0.2) is 60.7 Å². The average molecular weight is 324 g/mol. The van der Waals surface area contributed by atoms with Gasteiger partial charge in [-0.2, -0.15) is 0 Å². The Morgan fingerprint density at radius 3 is 1.62 bits per heavy atom. The predicted molar refractivity (Wildman–Crippen MR) is 94.5 cm³/mol. The van der Waals surface area contributed by atoms with E-state index in [4.69, 9.17) is 11.6 Å². The second-order valence-corrected chi connectivity index (χ2v) is 5.62. The maximum absolute atomic E-state index is 6.02. The van der Waals surface area contributed by atoms with Crippen LogP contribution >= 0.6 is 24.0 Å². The molecule has 0 N–H and O–H groups in total. The van der Waals surface area contributed by atoms with Gasteiger partial charge in [0.25, 0.3) is 0 Å². The molecule has 0 aliphatic carbocycles. The lowest BCUT2D eigenvalue weighted by atomic mass is 9.96. The van der Waals surface area contributed by atoms with Crippen LogP contribution in [0.25, 0.3) is 0 Å². The summed E-state index contributed by atoms with van der Waals surface area (Å²) >= 11 is 6.02. The van der Waals surface area contributed by atoms with E-state index in [0.717, 1.165) is 6.54 Å². The lowest BCUT2D eigenvalue weighted by molar-refractivity contribution is 0.189. The van der Waals surface area contributed by atoms with Gasteiger partial charge in [-0.15, -0.1) is 24.0 Å². The van der Waals surface area contributed by atoms with Gasteiger partial charge in [-0.25, -0.2) is 0 Å². The third kappa shape index (κ3) is 4.74. The molecule has 0 heterocycles. The SMILES string of the molecule is CC(C)N(CCCl)C(c1ccccc1)c1ccccc1.Cl. The summed E-state index contributed by atoms with van der Waals surface area (Å²) in [4.78, 5) is 2.46. The van der Waals surface area contributed by atoms with E-state index < -0.39 is 0 Å². The second kappa shape index (κ2) is 9.09. The first kappa shape index (κ1) is 18.0. The highest BCUT2D eigenvalue weighted by Gasteiger charge is 2.23. The van der Waals surface area contributed by atoms with Crippen LogP contribution in [-0.4, -0.2) is 23.4 Å². The van der Waals surface area contributed by atoms with Crippen molar-refractivity contribution in [3.05, 3.63) is 71.8 Å². The molecule has 0 fully saturated rings. The Kier molecular flexibility index (Phi) is 7.81. The first-order chi connectivity index (χ1) is 9.74. The summed E-state index contributed by atoms with van der Waals surface area (Å²) in [6.45, 7) is 5.34. The molecule has 3 heteroatoms. The number of rotatable bonds is 6. The first-order valence-corrected chi connectivity index (χ1v) is 7.69. The Bertz CT molecular complexity index is 460. The van der Waals surface area contributed by atoms with Gasteiger partial charge in [0.1, 0.15) is 0 Å². The van der Waals surface area contributed by atoms with E-state index in [1.54, 1.807) is 0 Å². The highest BCUT2D eigenvalue weighted by molar-refractivity contribution is 6.18. The van der Waals surface area contributed by atoms with Gasteiger partial charge in [-0.1, -0.05) is 60.7 Å². The Balaban J connectivity index is 0.00000220. The molecule has 0 unspecified atom stereocenters. The molecular weight excluding hydrogens is 301 g/mol. The summed E-state index contributed by atoms with van der Waals surface area (Å²) in [6, 6.07) is 22.0. The van der Waals surface area contributed by atoms with Crippen molar-refractivity contribution in [2.24, 2.45) is 0 Å². The summed E-state index contributed by atoms with van der Waals surface area (Å²) in [6.07, 6.45) is 0. The highest BCUT2D eigenvalue weighted by Crippen LogP contribution is 2.30. The van der Waals surface area contributed by atoms with Gasteiger partial charge in [0, 0.05) is 18.5 Å². The minimum absolute atomic E-state index is 0. The molecule has 0 saturated carbocycles. The molecule has 1 nitrogen and oxygen atoms in total. The Morgan fingerprint density at radius 2 is 1.29 bits per heavy atom. The Labute approximate surface area is 139 Å². The standard InChI is InChI=1S/C18H22ClN.ClH/c1-15(2)20(14-13-19)18(16-9-5-3-6-10-16)17-11-7-4-8-12-17;/h3-12,15,18H,13-14H2,1-2H3;1H. The van der Waals surface area contributed by atoms with E-state index in [1.165, 1.54) is 11.1 Å². The van der Waals surface area contributed by atoms with Gasteiger partial charge in [0.15, 0.2) is 0 Å². The van der Waals surface area contributed by atoms with Gasteiger partial charge < -0.3 is 0 Å². The minimum atomic E-state index is 0. The molecule has 0 radical (unpaired) electrons. The van der Waals surface area contributed by atoms with Crippen LogP contribution in [0.3, 0.4) is 0 Å². The molecule has 21 heavy (non-hydrogen) atoms. The number of hydrogen-bond acceptors (Lipinski definition) is 1. The predicted octanol–water partition coefficient (Wildman–Crippen LogP) is 5.15. The van der Waals surface area contributed by atoms with Crippen molar-refractivity contribution in [3.8, 4) is 0 Å². The van der Waals surface area contributed by atoms with Crippen molar-refractivity contribution >= 4 is 24.0 Å². The van der Waals surface area contributed by atoms with Crippen molar-refractivity contribution in [3.63, 3.8) is 0 Å². The zero-order valence-electron chi connectivity index (χ0n) is 12.6. The van der Waals surface area contributed by atoms with E-state index in [1.807, 2.05) is 0 Å². The number of benzene rings is 2. The summed E-state index contributed by atoms with van der Waals surface area (Å²) < 4.78 is 0. The lowest BCUT2D eigenvalue weighted by Gasteiger charge is -2.35. The van der Waals surface area contributed by atoms with E-state index in [0.29, 0.717) is 11.9 Å². The Hall–Kier alpha value is -1.02. The summed E-state index contributed by atoms with van der Waals surface area (Å²) in [7, 11) is 0. The van der Waals surface area contributed by atoms with Crippen LogP contribution in [0, 0.1) is 0 Å². The fraction of sp³-hybridized carbons (Fsp3) is 0.333.